The highest BCUT2D eigenvalue weighted by Crippen LogP contribution is 2.26. The molecule has 2 heterocycles. The molecule has 1 aliphatic rings. The average molecular weight is 397 g/mol. The number of carbonyl (C=O) groups is 1. The summed E-state index contributed by atoms with van der Waals surface area (Å²) in [6, 6.07) is 5.08. The molecule has 7 nitrogen and oxygen atoms in total. The van der Waals surface area contributed by atoms with Crippen LogP contribution in [0.25, 0.3) is 0 Å². The van der Waals surface area contributed by atoms with Gasteiger partial charge in [0.15, 0.2) is 0 Å². The summed E-state index contributed by atoms with van der Waals surface area (Å²) in [5.41, 5.74) is 0.416. The lowest BCUT2D eigenvalue weighted by Crippen LogP contribution is -2.40. The number of hydrogen-bond acceptors (Lipinski definition) is 5. The molecule has 10 heteroatoms. The highest BCUT2D eigenvalue weighted by Gasteiger charge is 2.31. The normalized spacial score (nSPS) is 18.1. The number of nitrogens with zero attached hydrogens (tertiary/aromatic N) is 4. The van der Waals surface area contributed by atoms with Crippen molar-refractivity contribution in [3.05, 3.63) is 36.4 Å². The molecule has 1 amide bonds. The molecule has 0 saturated carbocycles. The van der Waals surface area contributed by atoms with Gasteiger partial charge in [0.25, 0.3) is 0 Å². The second-order valence-corrected chi connectivity index (χ2v) is 6.67. The predicted octanol–water partition coefficient (Wildman–Crippen LogP) is 3.01. The van der Waals surface area contributed by atoms with Gasteiger partial charge >= 0.3 is 6.36 Å². The van der Waals surface area contributed by atoms with E-state index in [-0.39, 0.29) is 24.1 Å². The summed E-state index contributed by atoms with van der Waals surface area (Å²) in [5, 5.41) is 10.9. The number of carbonyl (C=O) groups excluding carboxylic acids is 1. The number of nitrogens with one attached hydrogen (secondary N) is 1. The van der Waals surface area contributed by atoms with E-state index in [0.29, 0.717) is 12.2 Å². The monoisotopic (exact) mass is 397 g/mol. The summed E-state index contributed by atoms with van der Waals surface area (Å²) in [6.07, 6.45) is -1.07. The van der Waals surface area contributed by atoms with E-state index in [9.17, 15) is 18.0 Å². The van der Waals surface area contributed by atoms with Crippen molar-refractivity contribution in [2.24, 2.45) is 0 Å². The Morgan fingerprint density at radius 1 is 1.32 bits per heavy atom. The molecule has 1 N–H and O–H groups in total. The van der Waals surface area contributed by atoms with Crippen LogP contribution < -0.4 is 10.1 Å². The van der Waals surface area contributed by atoms with Crippen LogP contribution in [0.5, 0.6) is 5.75 Å². The van der Waals surface area contributed by atoms with Gasteiger partial charge in [-0.1, -0.05) is 0 Å². The van der Waals surface area contributed by atoms with E-state index in [1.54, 1.807) is 6.33 Å². The average Bonchev–Trinajstić information content (AvgIpc) is 3.11. The van der Waals surface area contributed by atoms with Crippen molar-refractivity contribution < 1.29 is 22.7 Å². The number of benzene rings is 1. The first-order chi connectivity index (χ1) is 13.3. The highest BCUT2D eigenvalue weighted by molar-refractivity contribution is 5.92. The van der Waals surface area contributed by atoms with Gasteiger partial charge in [0.1, 0.15) is 17.9 Å². The van der Waals surface area contributed by atoms with Crippen molar-refractivity contribution in [2.75, 3.05) is 25.0 Å². The van der Waals surface area contributed by atoms with Crippen LogP contribution in [0.15, 0.2) is 30.6 Å². The molecule has 1 aromatic carbocycles. The van der Waals surface area contributed by atoms with Crippen LogP contribution in [0.4, 0.5) is 18.9 Å². The minimum absolute atomic E-state index is 0.206. The van der Waals surface area contributed by atoms with Gasteiger partial charge in [-0.3, -0.25) is 9.69 Å². The van der Waals surface area contributed by atoms with E-state index in [1.807, 2.05) is 11.5 Å². The van der Waals surface area contributed by atoms with Gasteiger partial charge in [0.05, 0.1) is 6.54 Å². The zero-order valence-electron chi connectivity index (χ0n) is 15.4. The van der Waals surface area contributed by atoms with Gasteiger partial charge in [-0.05, 0) is 50.6 Å². The number of piperidine rings is 1. The number of ether oxygens (including phenoxy) is 1. The van der Waals surface area contributed by atoms with Crippen LogP contribution in [0.1, 0.15) is 31.5 Å². The van der Waals surface area contributed by atoms with Gasteiger partial charge < -0.3 is 14.6 Å². The first-order valence-electron chi connectivity index (χ1n) is 9.10. The molecule has 152 valence electrons. The van der Waals surface area contributed by atoms with E-state index in [2.05, 4.69) is 25.2 Å². The molecule has 1 aliphatic heterocycles. The first kappa shape index (κ1) is 20.1. The Hall–Kier alpha value is -2.62. The molecule has 1 saturated heterocycles. The molecular formula is C18H22F3N5O2. The van der Waals surface area contributed by atoms with Gasteiger partial charge in [0.2, 0.25) is 5.91 Å². The maximum absolute atomic E-state index is 12.3. The Bertz CT molecular complexity index is 791. The molecular weight excluding hydrogens is 375 g/mol. The summed E-state index contributed by atoms with van der Waals surface area (Å²) >= 11 is 0. The van der Waals surface area contributed by atoms with Crippen LogP contribution in [-0.2, 0) is 11.3 Å². The molecule has 28 heavy (non-hydrogen) atoms. The lowest BCUT2D eigenvalue weighted by atomic mass is 9.97. The van der Waals surface area contributed by atoms with Crippen LogP contribution in [0.2, 0.25) is 0 Å². The zero-order valence-corrected chi connectivity index (χ0v) is 15.4. The summed E-state index contributed by atoms with van der Waals surface area (Å²) in [5.74, 6) is 0.613. The van der Waals surface area contributed by atoms with E-state index in [0.717, 1.165) is 43.9 Å². The van der Waals surface area contributed by atoms with E-state index >= 15 is 0 Å². The van der Waals surface area contributed by atoms with Crippen molar-refractivity contribution in [3.63, 3.8) is 0 Å². The Labute approximate surface area is 160 Å². The van der Waals surface area contributed by atoms with Gasteiger partial charge in [-0.15, -0.1) is 23.4 Å². The molecule has 0 radical (unpaired) electrons. The predicted molar refractivity (Wildman–Crippen MR) is 95.9 cm³/mol. The van der Waals surface area contributed by atoms with Crippen molar-refractivity contribution in [2.45, 2.75) is 38.6 Å². The van der Waals surface area contributed by atoms with E-state index in [1.165, 1.54) is 12.1 Å². The third-order valence-corrected chi connectivity index (χ3v) is 4.60. The summed E-state index contributed by atoms with van der Waals surface area (Å²) in [6.45, 7) is 4.56. The van der Waals surface area contributed by atoms with E-state index < -0.39 is 6.36 Å². The number of aromatic nitrogens is 3. The number of likely N-dealkylation sites (tertiary alicyclic amines) is 1. The number of rotatable bonds is 6. The van der Waals surface area contributed by atoms with Crippen molar-refractivity contribution >= 4 is 11.6 Å². The van der Waals surface area contributed by atoms with Gasteiger partial charge in [0, 0.05) is 24.7 Å². The number of halogens is 3. The van der Waals surface area contributed by atoms with Crippen LogP contribution in [0, 0.1) is 0 Å². The fraction of sp³-hybridized carbons (Fsp3) is 0.500. The summed E-state index contributed by atoms with van der Waals surface area (Å²) in [7, 11) is 0. The summed E-state index contributed by atoms with van der Waals surface area (Å²) < 4.78 is 42.4. The number of anilines is 1. The molecule has 0 spiro atoms. The molecule has 3 rings (SSSR count). The van der Waals surface area contributed by atoms with Crippen LogP contribution in [0.3, 0.4) is 0 Å². The molecule has 2 aromatic rings. The summed E-state index contributed by atoms with van der Waals surface area (Å²) in [4.78, 5) is 14.4. The Morgan fingerprint density at radius 2 is 2.07 bits per heavy atom. The Balaban J connectivity index is 1.53. The van der Waals surface area contributed by atoms with Crippen molar-refractivity contribution in [1.82, 2.24) is 19.7 Å². The fourth-order valence-electron chi connectivity index (χ4n) is 3.38. The second-order valence-electron chi connectivity index (χ2n) is 6.67. The first-order valence-corrected chi connectivity index (χ1v) is 9.10. The lowest BCUT2D eigenvalue weighted by Gasteiger charge is -2.31. The molecule has 0 aliphatic carbocycles. The number of amides is 1. The minimum atomic E-state index is -4.74. The molecule has 1 atom stereocenters. The lowest BCUT2D eigenvalue weighted by molar-refractivity contribution is -0.274. The molecule has 1 unspecified atom stereocenters. The Morgan fingerprint density at radius 3 is 2.75 bits per heavy atom. The SMILES string of the molecule is CCn1cnnc1C1CCCN(CC(=O)Nc2ccc(OC(F)(F)F)cc2)C1. The third-order valence-electron chi connectivity index (χ3n) is 4.60. The zero-order chi connectivity index (χ0) is 20.1. The number of alkyl halides is 3. The number of aryl methyl sites for hydroxylation is 1. The topological polar surface area (TPSA) is 72.3 Å². The van der Waals surface area contributed by atoms with Gasteiger partial charge in [-0.25, -0.2) is 0 Å². The van der Waals surface area contributed by atoms with Crippen LogP contribution in [-0.4, -0.2) is 51.6 Å². The smallest absolute Gasteiger partial charge is 0.406 e. The largest absolute Gasteiger partial charge is 0.573 e. The molecule has 1 fully saturated rings. The standard InChI is InChI=1S/C18H22F3N5O2/c1-2-26-12-22-24-17(26)13-4-3-9-25(10-13)11-16(27)23-14-5-7-15(8-6-14)28-18(19,20)21/h5-8,12-13H,2-4,9-11H2,1H3,(H,23,27). The fourth-order valence-corrected chi connectivity index (χ4v) is 3.38. The molecule has 1 aromatic heterocycles. The Kier molecular flexibility index (Phi) is 6.18. The van der Waals surface area contributed by atoms with Crippen LogP contribution >= 0.6 is 0 Å². The van der Waals surface area contributed by atoms with E-state index in [4.69, 9.17) is 0 Å². The maximum atomic E-state index is 12.3. The second kappa shape index (κ2) is 8.59. The maximum Gasteiger partial charge on any atom is 0.573 e. The third kappa shape index (κ3) is 5.44. The van der Waals surface area contributed by atoms with Gasteiger partial charge in [-0.2, -0.15) is 0 Å². The quantitative estimate of drug-likeness (QED) is 0.811. The molecule has 0 bridgehead atoms. The minimum Gasteiger partial charge on any atom is -0.406 e. The van der Waals surface area contributed by atoms with Crippen molar-refractivity contribution in [1.29, 1.82) is 0 Å². The van der Waals surface area contributed by atoms with Crippen molar-refractivity contribution in [3.8, 4) is 5.75 Å². The number of hydrogen-bond donors (Lipinski definition) is 1. The highest BCUT2D eigenvalue weighted by atomic mass is 19.4.